The minimum atomic E-state index is -0.182. The summed E-state index contributed by atoms with van der Waals surface area (Å²) in [5, 5.41) is 2.69. The number of ether oxygens (including phenoxy) is 1. The number of nitrogens with one attached hydrogen (secondary N) is 1. The van der Waals surface area contributed by atoms with Crippen LogP contribution in [0.2, 0.25) is 0 Å². The third kappa shape index (κ3) is 9.65. The maximum atomic E-state index is 11.4. The summed E-state index contributed by atoms with van der Waals surface area (Å²) < 4.78 is 5.04. The topological polar surface area (TPSA) is 55.4 Å². The first-order valence-electron chi connectivity index (χ1n) is 5.59. The molecule has 1 amide bonds. The lowest BCUT2D eigenvalue weighted by Gasteiger charge is -2.16. The average molecular weight is 229 g/mol. The van der Waals surface area contributed by atoms with E-state index in [1.165, 1.54) is 0 Å². The van der Waals surface area contributed by atoms with Crippen LogP contribution in [0.5, 0.6) is 0 Å². The zero-order chi connectivity index (χ0) is 12.8. The summed E-state index contributed by atoms with van der Waals surface area (Å²) in [6.07, 6.45) is 0.471. The zero-order valence-electron chi connectivity index (χ0n) is 10.9. The Labute approximate surface area is 97.7 Å². The van der Waals surface area contributed by atoms with Crippen LogP contribution in [0.25, 0.3) is 0 Å². The molecule has 0 unspecified atom stereocenters. The molecule has 0 aliphatic rings. The molecule has 0 aliphatic carbocycles. The van der Waals surface area contributed by atoms with E-state index in [9.17, 15) is 9.59 Å². The van der Waals surface area contributed by atoms with Gasteiger partial charge in [-0.1, -0.05) is 20.8 Å². The van der Waals surface area contributed by atoms with Crippen molar-refractivity contribution in [3.05, 3.63) is 0 Å². The molecule has 0 bridgehead atoms. The van der Waals surface area contributed by atoms with E-state index in [1.54, 1.807) is 0 Å². The normalized spacial score (nSPS) is 11.6. The van der Waals surface area contributed by atoms with Crippen LogP contribution >= 0.6 is 0 Å². The van der Waals surface area contributed by atoms with Crippen LogP contribution in [0.4, 0.5) is 0 Å². The number of amides is 1. The van der Waals surface area contributed by atoms with Crippen LogP contribution in [0.3, 0.4) is 0 Å². The Morgan fingerprint density at radius 2 is 1.75 bits per heavy atom. The lowest BCUT2D eigenvalue weighted by Crippen LogP contribution is -2.34. The van der Waals surface area contributed by atoms with E-state index in [0.717, 1.165) is 0 Å². The number of carbonyl (C=O) groups excluding carboxylic acids is 2. The highest BCUT2D eigenvalue weighted by molar-refractivity contribution is 5.81. The van der Waals surface area contributed by atoms with Gasteiger partial charge in [0.25, 0.3) is 0 Å². The predicted molar refractivity (Wildman–Crippen MR) is 63.2 cm³/mol. The number of carbonyl (C=O) groups is 2. The van der Waals surface area contributed by atoms with Gasteiger partial charge in [-0.25, -0.2) is 0 Å². The van der Waals surface area contributed by atoms with Gasteiger partial charge in [-0.15, -0.1) is 0 Å². The second kappa shape index (κ2) is 6.63. The molecule has 0 saturated carbocycles. The molecule has 4 nitrogen and oxygen atoms in total. The largest absolute Gasteiger partial charge is 0.364 e. The van der Waals surface area contributed by atoms with Gasteiger partial charge >= 0.3 is 0 Å². The highest BCUT2D eigenvalue weighted by Crippen LogP contribution is 2.18. The third-order valence-electron chi connectivity index (χ3n) is 1.67. The highest BCUT2D eigenvalue weighted by atomic mass is 16.5. The number of hydrogen-bond donors (Lipinski definition) is 1. The average Bonchev–Trinajstić information content (AvgIpc) is 1.98. The van der Waals surface area contributed by atoms with Gasteiger partial charge in [0.15, 0.2) is 5.78 Å². The number of rotatable bonds is 6. The Bertz CT molecular complexity index is 241. The number of ketones is 1. The smallest absolute Gasteiger partial charge is 0.246 e. The Hall–Kier alpha value is -0.900. The van der Waals surface area contributed by atoms with Gasteiger partial charge in [-0.05, 0) is 19.3 Å². The van der Waals surface area contributed by atoms with Crippen molar-refractivity contribution >= 4 is 11.7 Å². The predicted octanol–water partition coefficient (Wildman–Crippen LogP) is 1.53. The van der Waals surface area contributed by atoms with Gasteiger partial charge in [0.1, 0.15) is 13.2 Å². The fourth-order valence-corrected chi connectivity index (χ4v) is 1.26. The maximum absolute atomic E-state index is 11.4. The van der Waals surface area contributed by atoms with Crippen molar-refractivity contribution in [2.75, 3.05) is 13.2 Å². The van der Waals surface area contributed by atoms with Crippen LogP contribution in [0, 0.1) is 5.41 Å². The summed E-state index contributed by atoms with van der Waals surface area (Å²) in [5.41, 5.74) is -0.0271. The van der Waals surface area contributed by atoms with E-state index in [2.05, 4.69) is 5.32 Å². The SMILES string of the molecule is CC(C)NC(=O)COCC(=O)CC(C)(C)C. The quantitative estimate of drug-likeness (QED) is 0.751. The minimum absolute atomic E-state index is 0.0167. The second-order valence-electron chi connectivity index (χ2n) is 5.49. The molecule has 0 aromatic heterocycles. The van der Waals surface area contributed by atoms with E-state index in [0.29, 0.717) is 6.42 Å². The van der Waals surface area contributed by atoms with Crippen LogP contribution in [0.1, 0.15) is 41.0 Å². The molecule has 0 atom stereocenters. The molecule has 0 fully saturated rings. The van der Waals surface area contributed by atoms with Gasteiger partial charge in [-0.3, -0.25) is 9.59 Å². The van der Waals surface area contributed by atoms with E-state index in [1.807, 2.05) is 34.6 Å². The van der Waals surface area contributed by atoms with Crippen LogP contribution < -0.4 is 5.32 Å². The van der Waals surface area contributed by atoms with Crippen molar-refractivity contribution in [2.45, 2.75) is 47.1 Å². The van der Waals surface area contributed by atoms with Gasteiger partial charge in [0.2, 0.25) is 5.91 Å². The minimum Gasteiger partial charge on any atom is -0.364 e. The van der Waals surface area contributed by atoms with Crippen LogP contribution in [0.15, 0.2) is 0 Å². The monoisotopic (exact) mass is 229 g/mol. The molecule has 0 aromatic carbocycles. The Morgan fingerprint density at radius 1 is 1.19 bits per heavy atom. The first-order valence-corrected chi connectivity index (χ1v) is 5.59. The molecule has 0 heterocycles. The van der Waals surface area contributed by atoms with Crippen molar-refractivity contribution in [3.8, 4) is 0 Å². The van der Waals surface area contributed by atoms with Crippen molar-refractivity contribution < 1.29 is 14.3 Å². The van der Waals surface area contributed by atoms with Gasteiger partial charge < -0.3 is 10.1 Å². The summed E-state index contributed by atoms with van der Waals surface area (Å²) in [6.45, 7) is 9.71. The van der Waals surface area contributed by atoms with Gasteiger partial charge in [0, 0.05) is 12.5 Å². The summed E-state index contributed by atoms with van der Waals surface area (Å²) >= 11 is 0. The Morgan fingerprint density at radius 3 is 2.19 bits per heavy atom. The van der Waals surface area contributed by atoms with E-state index < -0.39 is 0 Å². The van der Waals surface area contributed by atoms with Crippen molar-refractivity contribution in [1.82, 2.24) is 5.32 Å². The molecule has 0 radical (unpaired) electrons. The fourth-order valence-electron chi connectivity index (χ4n) is 1.26. The fraction of sp³-hybridized carbons (Fsp3) is 0.833. The molecular weight excluding hydrogens is 206 g/mol. The van der Waals surface area contributed by atoms with Crippen LogP contribution in [-0.2, 0) is 14.3 Å². The van der Waals surface area contributed by atoms with Crippen LogP contribution in [-0.4, -0.2) is 30.9 Å². The van der Waals surface area contributed by atoms with Crippen molar-refractivity contribution in [3.63, 3.8) is 0 Å². The molecule has 94 valence electrons. The molecule has 0 aromatic rings. The third-order valence-corrected chi connectivity index (χ3v) is 1.67. The number of hydrogen-bond acceptors (Lipinski definition) is 3. The standard InChI is InChI=1S/C12H23NO3/c1-9(2)13-11(15)8-16-7-10(14)6-12(3,4)5/h9H,6-8H2,1-5H3,(H,13,15). The Balaban J connectivity index is 3.66. The Kier molecular flexibility index (Phi) is 6.26. The van der Waals surface area contributed by atoms with Gasteiger partial charge in [0.05, 0.1) is 0 Å². The summed E-state index contributed by atoms with van der Waals surface area (Å²) in [6, 6.07) is 0.0985. The van der Waals surface area contributed by atoms with Crippen molar-refractivity contribution in [2.24, 2.45) is 5.41 Å². The molecular formula is C12H23NO3. The van der Waals surface area contributed by atoms with E-state index >= 15 is 0 Å². The summed E-state index contributed by atoms with van der Waals surface area (Å²) in [4.78, 5) is 22.6. The second-order valence-corrected chi connectivity index (χ2v) is 5.49. The lowest BCUT2D eigenvalue weighted by molar-refractivity contribution is -0.130. The molecule has 0 spiro atoms. The maximum Gasteiger partial charge on any atom is 0.246 e. The molecule has 1 N–H and O–H groups in total. The summed E-state index contributed by atoms with van der Waals surface area (Å²) in [5.74, 6) is -0.150. The molecule has 0 saturated heterocycles. The molecule has 0 aliphatic heterocycles. The molecule has 16 heavy (non-hydrogen) atoms. The van der Waals surface area contributed by atoms with Crippen molar-refractivity contribution in [1.29, 1.82) is 0 Å². The number of Topliss-reactive ketones (excluding diaryl/α,β-unsaturated/α-hetero) is 1. The zero-order valence-corrected chi connectivity index (χ0v) is 10.9. The molecule has 4 heteroatoms. The van der Waals surface area contributed by atoms with E-state index in [-0.39, 0.29) is 36.4 Å². The van der Waals surface area contributed by atoms with Gasteiger partial charge in [-0.2, -0.15) is 0 Å². The first kappa shape index (κ1) is 15.1. The highest BCUT2D eigenvalue weighted by Gasteiger charge is 2.16. The van der Waals surface area contributed by atoms with E-state index in [4.69, 9.17) is 4.74 Å². The first-order chi connectivity index (χ1) is 7.20. The summed E-state index contributed by atoms with van der Waals surface area (Å²) in [7, 11) is 0. The lowest BCUT2D eigenvalue weighted by atomic mass is 9.90. The molecule has 0 rings (SSSR count).